The van der Waals surface area contributed by atoms with Gasteiger partial charge in [-0.3, -0.25) is 0 Å². The Kier molecular flexibility index (Phi) is 5.73. The maximum Gasteiger partial charge on any atom is 0.338 e. The fourth-order valence-electron chi connectivity index (χ4n) is 2.29. The molecule has 0 bridgehead atoms. The third-order valence-corrected chi connectivity index (χ3v) is 4.55. The first-order valence-corrected chi connectivity index (χ1v) is 8.77. The first-order chi connectivity index (χ1) is 12.4. The molecule has 0 amide bonds. The standard InChI is InChI=1S/C17H10Cl4N2O3/c1-8-10(7-25-17(24)9-5-13(20)22-14(21)6-9)16(23-26-8)15-11(18)3-2-4-12(15)19/h2-6H,7H2,1H3. The molecule has 3 rings (SSSR count). The predicted molar refractivity (Wildman–Crippen MR) is 100 cm³/mol. The molecule has 0 aliphatic heterocycles. The monoisotopic (exact) mass is 430 g/mol. The van der Waals surface area contributed by atoms with Gasteiger partial charge in [0.15, 0.2) is 0 Å². The molecule has 0 unspecified atom stereocenters. The normalized spacial score (nSPS) is 10.8. The van der Waals surface area contributed by atoms with E-state index in [1.807, 2.05) is 0 Å². The highest BCUT2D eigenvalue weighted by Gasteiger charge is 2.21. The molecule has 0 fully saturated rings. The predicted octanol–water partition coefficient (Wildman–Crippen LogP) is 6.02. The van der Waals surface area contributed by atoms with Crippen molar-refractivity contribution >= 4 is 52.4 Å². The molecule has 0 aliphatic carbocycles. The number of benzene rings is 1. The molecule has 26 heavy (non-hydrogen) atoms. The Labute approximate surface area is 168 Å². The molecule has 0 atom stereocenters. The van der Waals surface area contributed by atoms with Gasteiger partial charge in [0.2, 0.25) is 0 Å². The van der Waals surface area contributed by atoms with E-state index in [2.05, 4.69) is 10.1 Å². The van der Waals surface area contributed by atoms with Crippen LogP contribution >= 0.6 is 46.4 Å². The maximum atomic E-state index is 12.3. The number of nitrogens with zero attached hydrogens (tertiary/aromatic N) is 2. The van der Waals surface area contributed by atoms with Crippen LogP contribution in [0.2, 0.25) is 20.4 Å². The molecule has 9 heteroatoms. The zero-order valence-electron chi connectivity index (χ0n) is 13.2. The van der Waals surface area contributed by atoms with Crippen molar-refractivity contribution in [2.75, 3.05) is 0 Å². The van der Waals surface area contributed by atoms with E-state index in [0.29, 0.717) is 32.6 Å². The number of carbonyl (C=O) groups excluding carboxylic acids is 1. The van der Waals surface area contributed by atoms with Crippen molar-refractivity contribution in [2.24, 2.45) is 0 Å². The summed E-state index contributed by atoms with van der Waals surface area (Å²) in [5.74, 6) is -0.136. The van der Waals surface area contributed by atoms with Gasteiger partial charge in [-0.15, -0.1) is 0 Å². The number of ether oxygens (including phenoxy) is 1. The first kappa shape index (κ1) is 19.0. The summed E-state index contributed by atoms with van der Waals surface area (Å²) in [7, 11) is 0. The van der Waals surface area contributed by atoms with Crippen LogP contribution in [0, 0.1) is 6.92 Å². The van der Waals surface area contributed by atoms with Gasteiger partial charge in [-0.2, -0.15) is 0 Å². The van der Waals surface area contributed by atoms with Crippen LogP contribution < -0.4 is 0 Å². The first-order valence-electron chi connectivity index (χ1n) is 7.26. The lowest BCUT2D eigenvalue weighted by molar-refractivity contribution is 0.0472. The maximum absolute atomic E-state index is 12.3. The number of aromatic nitrogens is 2. The second-order valence-corrected chi connectivity index (χ2v) is 6.83. The van der Waals surface area contributed by atoms with Crippen molar-refractivity contribution in [3.05, 3.63) is 67.6 Å². The second kappa shape index (κ2) is 7.84. The number of esters is 1. The van der Waals surface area contributed by atoms with Crippen molar-refractivity contribution in [3.63, 3.8) is 0 Å². The highest BCUT2D eigenvalue weighted by atomic mass is 35.5. The highest BCUT2D eigenvalue weighted by molar-refractivity contribution is 6.39. The molecule has 0 spiro atoms. The quantitative estimate of drug-likeness (QED) is 0.373. The molecule has 134 valence electrons. The van der Waals surface area contributed by atoms with Crippen LogP contribution in [0.15, 0.2) is 34.9 Å². The van der Waals surface area contributed by atoms with Gasteiger partial charge in [0.25, 0.3) is 0 Å². The Balaban J connectivity index is 1.87. The van der Waals surface area contributed by atoms with Crippen LogP contribution in [0.3, 0.4) is 0 Å². The number of carbonyl (C=O) groups is 1. The zero-order valence-corrected chi connectivity index (χ0v) is 16.2. The lowest BCUT2D eigenvalue weighted by Crippen LogP contribution is -2.06. The van der Waals surface area contributed by atoms with Gasteiger partial charge in [-0.25, -0.2) is 9.78 Å². The highest BCUT2D eigenvalue weighted by Crippen LogP contribution is 2.37. The number of rotatable bonds is 4. The summed E-state index contributed by atoms with van der Waals surface area (Å²) < 4.78 is 10.6. The van der Waals surface area contributed by atoms with E-state index >= 15 is 0 Å². The lowest BCUT2D eigenvalue weighted by Gasteiger charge is -2.08. The van der Waals surface area contributed by atoms with Crippen molar-refractivity contribution < 1.29 is 14.1 Å². The molecule has 0 saturated heterocycles. The van der Waals surface area contributed by atoms with Crippen molar-refractivity contribution in [3.8, 4) is 11.3 Å². The van der Waals surface area contributed by atoms with E-state index in [1.165, 1.54) is 12.1 Å². The summed E-state index contributed by atoms with van der Waals surface area (Å²) in [5.41, 5.74) is 1.66. The fraction of sp³-hybridized carbons (Fsp3) is 0.118. The zero-order chi connectivity index (χ0) is 18.8. The average Bonchev–Trinajstić information content (AvgIpc) is 2.92. The fourth-order valence-corrected chi connectivity index (χ4v) is 3.32. The molecule has 0 N–H and O–H groups in total. The molecular formula is C17H10Cl4N2O3. The third kappa shape index (κ3) is 3.96. The van der Waals surface area contributed by atoms with Gasteiger partial charge in [0.1, 0.15) is 28.4 Å². The van der Waals surface area contributed by atoms with Crippen molar-refractivity contribution in [1.82, 2.24) is 10.1 Å². The molecule has 5 nitrogen and oxygen atoms in total. The van der Waals surface area contributed by atoms with Gasteiger partial charge < -0.3 is 9.26 Å². The van der Waals surface area contributed by atoms with E-state index in [0.717, 1.165) is 0 Å². The van der Waals surface area contributed by atoms with Crippen LogP contribution in [0.25, 0.3) is 11.3 Å². The Bertz CT molecular complexity index is 948. The van der Waals surface area contributed by atoms with Crippen LogP contribution in [0.1, 0.15) is 21.7 Å². The number of aryl methyl sites for hydroxylation is 1. The topological polar surface area (TPSA) is 65.2 Å². The Morgan fingerprint density at radius 1 is 1.12 bits per heavy atom. The minimum Gasteiger partial charge on any atom is -0.457 e. The summed E-state index contributed by atoms with van der Waals surface area (Å²) in [6, 6.07) is 7.81. The van der Waals surface area contributed by atoms with Crippen LogP contribution in [-0.2, 0) is 11.3 Å². The van der Waals surface area contributed by atoms with Crippen molar-refractivity contribution in [1.29, 1.82) is 0 Å². The smallest absolute Gasteiger partial charge is 0.338 e. The SMILES string of the molecule is Cc1onc(-c2c(Cl)cccc2Cl)c1COC(=O)c1cc(Cl)nc(Cl)c1. The number of halogens is 4. The summed E-state index contributed by atoms with van der Waals surface area (Å²) >= 11 is 24.1. The average molecular weight is 432 g/mol. The largest absolute Gasteiger partial charge is 0.457 e. The van der Waals surface area contributed by atoms with Crippen molar-refractivity contribution in [2.45, 2.75) is 13.5 Å². The molecular weight excluding hydrogens is 422 g/mol. The minimum absolute atomic E-state index is 0.0918. The second-order valence-electron chi connectivity index (χ2n) is 5.24. The molecule has 2 aromatic heterocycles. The van der Waals surface area contributed by atoms with E-state index in [9.17, 15) is 4.79 Å². The van der Waals surface area contributed by atoms with Gasteiger partial charge in [0, 0.05) is 5.56 Å². The van der Waals surface area contributed by atoms with Crippen LogP contribution in [0.4, 0.5) is 0 Å². The van der Waals surface area contributed by atoms with Gasteiger partial charge >= 0.3 is 5.97 Å². The number of hydrogen-bond acceptors (Lipinski definition) is 5. The Hall–Kier alpha value is -1.79. The summed E-state index contributed by atoms with van der Waals surface area (Å²) in [6.45, 7) is 1.60. The summed E-state index contributed by atoms with van der Waals surface area (Å²) in [4.78, 5) is 16.0. The number of hydrogen-bond donors (Lipinski definition) is 0. The Morgan fingerprint density at radius 2 is 1.73 bits per heavy atom. The van der Waals surface area contributed by atoms with Crippen LogP contribution in [-0.4, -0.2) is 16.1 Å². The minimum atomic E-state index is -0.618. The van der Waals surface area contributed by atoms with Gasteiger partial charge in [-0.05, 0) is 31.2 Å². The van der Waals surface area contributed by atoms with E-state index in [4.69, 9.17) is 55.7 Å². The molecule has 3 aromatic rings. The molecule has 1 aromatic carbocycles. The third-order valence-electron chi connectivity index (χ3n) is 3.53. The molecule has 0 aliphatic rings. The molecule has 0 radical (unpaired) electrons. The van der Waals surface area contributed by atoms with E-state index in [-0.39, 0.29) is 22.5 Å². The lowest BCUT2D eigenvalue weighted by atomic mass is 10.1. The van der Waals surface area contributed by atoms with Gasteiger partial charge in [0.05, 0.1) is 21.2 Å². The Morgan fingerprint density at radius 3 is 2.35 bits per heavy atom. The molecule has 0 saturated carbocycles. The van der Waals surface area contributed by atoms with Gasteiger partial charge in [-0.1, -0.05) is 57.6 Å². The molecule has 2 heterocycles. The number of pyridine rings is 1. The summed E-state index contributed by atoms with van der Waals surface area (Å²) in [6.07, 6.45) is 0. The van der Waals surface area contributed by atoms with E-state index in [1.54, 1.807) is 25.1 Å². The van der Waals surface area contributed by atoms with Crippen LogP contribution in [0.5, 0.6) is 0 Å². The van der Waals surface area contributed by atoms with E-state index < -0.39 is 5.97 Å². The summed E-state index contributed by atoms with van der Waals surface area (Å²) in [5, 5.41) is 5.00.